The summed E-state index contributed by atoms with van der Waals surface area (Å²) in [5.74, 6) is 0.262. The van der Waals surface area contributed by atoms with Crippen LogP contribution in [0.1, 0.15) is 32.6 Å². The van der Waals surface area contributed by atoms with Crippen LogP contribution in [0.15, 0.2) is 0 Å². The Morgan fingerprint density at radius 2 is 2.08 bits per heavy atom. The van der Waals surface area contributed by atoms with Crippen LogP contribution in [0.25, 0.3) is 0 Å². The number of alkyl halides is 3. The highest BCUT2D eigenvalue weighted by Crippen LogP contribution is 2.28. The lowest BCUT2D eigenvalue weighted by Crippen LogP contribution is -2.36. The highest BCUT2D eigenvalue weighted by atomic mass is 19.4. The van der Waals surface area contributed by atoms with Crippen molar-refractivity contribution in [3.05, 3.63) is 0 Å². The van der Waals surface area contributed by atoms with E-state index in [2.05, 4.69) is 5.32 Å². The fourth-order valence-electron chi connectivity index (χ4n) is 1.87. The Hall–Kier alpha value is -0.250. The summed E-state index contributed by atoms with van der Waals surface area (Å²) in [5, 5.41) is 3.23. The number of hydrogen-bond acceptors (Lipinski definition) is 1. The molecule has 0 aromatic carbocycles. The van der Waals surface area contributed by atoms with Crippen LogP contribution in [0.5, 0.6) is 0 Å². The summed E-state index contributed by atoms with van der Waals surface area (Å²) in [6, 6.07) is 0.381. The first kappa shape index (κ1) is 10.8. The molecular weight excluding hydrogens is 179 g/mol. The molecule has 1 saturated heterocycles. The molecule has 1 aliphatic rings. The second kappa shape index (κ2) is 4.31. The van der Waals surface area contributed by atoms with Crippen molar-refractivity contribution in [2.45, 2.75) is 44.8 Å². The maximum Gasteiger partial charge on any atom is 0.389 e. The van der Waals surface area contributed by atoms with Crippen molar-refractivity contribution in [2.24, 2.45) is 5.92 Å². The van der Waals surface area contributed by atoms with Crippen molar-refractivity contribution < 1.29 is 13.2 Å². The van der Waals surface area contributed by atoms with E-state index < -0.39 is 12.6 Å². The number of piperidine rings is 1. The molecule has 2 unspecified atom stereocenters. The van der Waals surface area contributed by atoms with Gasteiger partial charge in [-0.3, -0.25) is 0 Å². The van der Waals surface area contributed by atoms with E-state index >= 15 is 0 Å². The van der Waals surface area contributed by atoms with Crippen LogP contribution in [0.2, 0.25) is 0 Å². The van der Waals surface area contributed by atoms with Gasteiger partial charge in [0.05, 0.1) is 0 Å². The van der Waals surface area contributed by atoms with E-state index in [1.54, 1.807) is 0 Å². The van der Waals surface area contributed by atoms with Crippen LogP contribution in [0.3, 0.4) is 0 Å². The zero-order valence-electron chi connectivity index (χ0n) is 7.82. The van der Waals surface area contributed by atoms with Crippen molar-refractivity contribution in [3.8, 4) is 0 Å². The molecule has 1 rings (SSSR count). The van der Waals surface area contributed by atoms with Crippen molar-refractivity contribution in [3.63, 3.8) is 0 Å². The van der Waals surface area contributed by atoms with Gasteiger partial charge in [0.1, 0.15) is 0 Å². The van der Waals surface area contributed by atoms with Crippen LogP contribution >= 0.6 is 0 Å². The molecule has 13 heavy (non-hydrogen) atoms. The van der Waals surface area contributed by atoms with Gasteiger partial charge in [0.25, 0.3) is 0 Å². The second-order valence-electron chi connectivity index (χ2n) is 3.90. The summed E-state index contributed by atoms with van der Waals surface area (Å²) in [6.45, 7) is 2.89. The molecule has 0 aromatic rings. The van der Waals surface area contributed by atoms with Gasteiger partial charge in [-0.05, 0) is 38.6 Å². The third kappa shape index (κ3) is 4.50. The van der Waals surface area contributed by atoms with Crippen molar-refractivity contribution in [1.82, 2.24) is 5.32 Å². The molecule has 0 spiro atoms. The Labute approximate surface area is 76.7 Å². The summed E-state index contributed by atoms with van der Waals surface area (Å²) in [6.07, 6.45) is -2.52. The lowest BCUT2D eigenvalue weighted by molar-refractivity contribution is -0.138. The highest BCUT2D eigenvalue weighted by molar-refractivity contribution is 4.75. The standard InChI is InChI=1S/C9H16F3N/c1-7-6-8(3-5-13-7)2-4-9(10,11)12/h7-8,13H,2-6H2,1H3. The second-order valence-corrected chi connectivity index (χ2v) is 3.90. The molecule has 78 valence electrons. The van der Waals surface area contributed by atoms with Crippen molar-refractivity contribution >= 4 is 0 Å². The Balaban J connectivity index is 2.21. The zero-order chi connectivity index (χ0) is 9.90. The van der Waals surface area contributed by atoms with Crippen molar-refractivity contribution in [1.29, 1.82) is 0 Å². The molecule has 4 heteroatoms. The first-order valence-electron chi connectivity index (χ1n) is 4.77. The molecule has 0 aliphatic carbocycles. The van der Waals surface area contributed by atoms with E-state index in [1.807, 2.05) is 6.92 Å². The number of nitrogens with one attached hydrogen (secondary N) is 1. The summed E-state index contributed by atoms with van der Waals surface area (Å²) >= 11 is 0. The molecule has 0 bridgehead atoms. The van der Waals surface area contributed by atoms with E-state index in [9.17, 15) is 13.2 Å². The molecule has 1 heterocycles. The van der Waals surface area contributed by atoms with Crippen LogP contribution in [-0.4, -0.2) is 18.8 Å². The summed E-state index contributed by atoms with van der Waals surface area (Å²) < 4.78 is 35.7. The van der Waals surface area contributed by atoms with Gasteiger partial charge in [-0.25, -0.2) is 0 Å². The Bertz CT molecular complexity index is 155. The Kier molecular flexibility index (Phi) is 3.59. The van der Waals surface area contributed by atoms with E-state index in [4.69, 9.17) is 0 Å². The first-order chi connectivity index (χ1) is 5.97. The predicted octanol–water partition coefficient (Wildman–Crippen LogP) is 2.72. The molecule has 1 nitrogen and oxygen atoms in total. The minimum absolute atomic E-state index is 0.262. The normalized spacial score (nSPS) is 30.5. The largest absolute Gasteiger partial charge is 0.389 e. The molecule has 1 fully saturated rings. The molecule has 0 saturated carbocycles. The molecule has 1 N–H and O–H groups in total. The maximum atomic E-state index is 11.9. The number of halogens is 3. The Morgan fingerprint density at radius 3 is 2.62 bits per heavy atom. The third-order valence-corrected chi connectivity index (χ3v) is 2.57. The maximum absolute atomic E-state index is 11.9. The van der Waals surface area contributed by atoms with Gasteiger partial charge in [-0.2, -0.15) is 13.2 Å². The summed E-state index contributed by atoms with van der Waals surface area (Å²) in [4.78, 5) is 0. The predicted molar refractivity (Wildman–Crippen MR) is 45.5 cm³/mol. The minimum atomic E-state index is -3.98. The summed E-state index contributed by atoms with van der Waals surface area (Å²) in [5.41, 5.74) is 0. The van der Waals surface area contributed by atoms with Gasteiger partial charge in [-0.1, -0.05) is 0 Å². The molecule has 2 atom stereocenters. The fourth-order valence-corrected chi connectivity index (χ4v) is 1.87. The van der Waals surface area contributed by atoms with Gasteiger partial charge in [0, 0.05) is 12.5 Å². The van der Waals surface area contributed by atoms with Gasteiger partial charge in [0.2, 0.25) is 0 Å². The van der Waals surface area contributed by atoms with E-state index in [0.29, 0.717) is 12.5 Å². The van der Waals surface area contributed by atoms with E-state index in [-0.39, 0.29) is 5.92 Å². The number of rotatable bonds is 2. The SMILES string of the molecule is CC1CC(CCC(F)(F)F)CCN1. The van der Waals surface area contributed by atoms with E-state index in [1.165, 1.54) is 0 Å². The highest BCUT2D eigenvalue weighted by Gasteiger charge is 2.29. The minimum Gasteiger partial charge on any atom is -0.314 e. The average Bonchev–Trinajstić information content (AvgIpc) is 2.00. The van der Waals surface area contributed by atoms with Gasteiger partial charge in [-0.15, -0.1) is 0 Å². The molecule has 1 aliphatic heterocycles. The lowest BCUT2D eigenvalue weighted by atomic mass is 9.89. The molecular formula is C9H16F3N. The van der Waals surface area contributed by atoms with Crippen LogP contribution in [0, 0.1) is 5.92 Å². The fraction of sp³-hybridized carbons (Fsp3) is 1.00. The molecule has 0 amide bonds. The van der Waals surface area contributed by atoms with E-state index in [0.717, 1.165) is 19.4 Å². The third-order valence-electron chi connectivity index (χ3n) is 2.57. The smallest absolute Gasteiger partial charge is 0.314 e. The van der Waals surface area contributed by atoms with Crippen molar-refractivity contribution in [2.75, 3.05) is 6.54 Å². The average molecular weight is 195 g/mol. The number of hydrogen-bond donors (Lipinski definition) is 1. The van der Waals surface area contributed by atoms with Crippen LogP contribution in [-0.2, 0) is 0 Å². The Morgan fingerprint density at radius 1 is 1.38 bits per heavy atom. The first-order valence-corrected chi connectivity index (χ1v) is 4.77. The summed E-state index contributed by atoms with van der Waals surface area (Å²) in [7, 11) is 0. The molecule has 0 aromatic heterocycles. The molecule has 0 radical (unpaired) electrons. The zero-order valence-corrected chi connectivity index (χ0v) is 7.82. The quantitative estimate of drug-likeness (QED) is 0.714. The van der Waals surface area contributed by atoms with Gasteiger partial charge < -0.3 is 5.32 Å². The topological polar surface area (TPSA) is 12.0 Å². The monoisotopic (exact) mass is 195 g/mol. The van der Waals surface area contributed by atoms with Crippen LogP contribution < -0.4 is 5.32 Å². The van der Waals surface area contributed by atoms with Gasteiger partial charge >= 0.3 is 6.18 Å². The van der Waals surface area contributed by atoms with Crippen LogP contribution in [0.4, 0.5) is 13.2 Å². The van der Waals surface area contributed by atoms with Gasteiger partial charge in [0.15, 0.2) is 0 Å². The lowest BCUT2D eigenvalue weighted by Gasteiger charge is -2.28.